The standard InChI is InChI=1S/C22H26ClNO4/c23-17-7-3-6-16(11-17)20(25)13-24-18-8-4-5-15(12-18)19-9-1-2-10-21(19)28-14-22(26)27/h1-3,6-7,9-11,15,18,20,24-25H,4-5,8,12-14H2,(H,26,27). The Labute approximate surface area is 170 Å². The third-order valence-electron chi connectivity index (χ3n) is 5.22. The summed E-state index contributed by atoms with van der Waals surface area (Å²) in [5, 5.41) is 23.4. The number of carboxylic acid groups (broad SMARTS) is 1. The molecule has 28 heavy (non-hydrogen) atoms. The van der Waals surface area contributed by atoms with Crippen molar-refractivity contribution in [2.24, 2.45) is 0 Å². The van der Waals surface area contributed by atoms with E-state index in [-0.39, 0.29) is 6.61 Å². The summed E-state index contributed by atoms with van der Waals surface area (Å²) in [5.74, 6) is -0.0259. The number of rotatable bonds is 8. The number of benzene rings is 2. The first kappa shape index (κ1) is 20.6. The fourth-order valence-electron chi connectivity index (χ4n) is 3.86. The molecule has 1 aliphatic rings. The molecule has 3 atom stereocenters. The maximum absolute atomic E-state index is 10.8. The second-order valence-electron chi connectivity index (χ2n) is 7.26. The monoisotopic (exact) mass is 403 g/mol. The Morgan fingerprint density at radius 3 is 2.82 bits per heavy atom. The highest BCUT2D eigenvalue weighted by Crippen LogP contribution is 2.37. The number of hydrogen-bond donors (Lipinski definition) is 3. The van der Waals surface area contributed by atoms with Crippen molar-refractivity contribution in [3.8, 4) is 5.75 Å². The molecule has 2 aromatic rings. The molecule has 1 fully saturated rings. The molecule has 1 aliphatic carbocycles. The van der Waals surface area contributed by atoms with Gasteiger partial charge in [0.15, 0.2) is 6.61 Å². The van der Waals surface area contributed by atoms with Gasteiger partial charge >= 0.3 is 5.97 Å². The fraction of sp³-hybridized carbons (Fsp3) is 0.409. The summed E-state index contributed by atoms with van der Waals surface area (Å²) in [6.45, 7) is 0.131. The SMILES string of the molecule is O=C(O)COc1ccccc1C1CCCC(NCC(O)c2cccc(Cl)c2)C1. The molecule has 0 heterocycles. The third-order valence-corrected chi connectivity index (χ3v) is 5.45. The summed E-state index contributed by atoms with van der Waals surface area (Å²) in [7, 11) is 0. The summed E-state index contributed by atoms with van der Waals surface area (Å²) in [6, 6.07) is 15.3. The highest BCUT2D eigenvalue weighted by Gasteiger charge is 2.26. The van der Waals surface area contributed by atoms with Crippen molar-refractivity contribution in [1.29, 1.82) is 0 Å². The molecular weight excluding hydrogens is 378 g/mol. The molecule has 0 spiro atoms. The lowest BCUT2D eigenvalue weighted by Gasteiger charge is -2.31. The van der Waals surface area contributed by atoms with Gasteiger partial charge in [0, 0.05) is 17.6 Å². The predicted octanol–water partition coefficient (Wildman–Crippen LogP) is 4.15. The molecule has 3 unspecified atom stereocenters. The van der Waals surface area contributed by atoms with E-state index >= 15 is 0 Å². The summed E-state index contributed by atoms with van der Waals surface area (Å²) in [5.41, 5.74) is 1.87. The van der Waals surface area contributed by atoms with E-state index in [1.807, 2.05) is 36.4 Å². The maximum atomic E-state index is 10.8. The van der Waals surface area contributed by atoms with Crippen LogP contribution < -0.4 is 10.1 Å². The minimum atomic E-state index is -0.979. The van der Waals surface area contributed by atoms with E-state index in [9.17, 15) is 9.90 Å². The predicted molar refractivity (Wildman–Crippen MR) is 109 cm³/mol. The van der Waals surface area contributed by atoms with Crippen LogP contribution >= 0.6 is 11.6 Å². The molecular formula is C22H26ClNO4. The van der Waals surface area contributed by atoms with Crippen LogP contribution in [0.5, 0.6) is 5.75 Å². The van der Waals surface area contributed by atoms with Crippen LogP contribution in [0.2, 0.25) is 5.02 Å². The van der Waals surface area contributed by atoms with Crippen LogP contribution in [0.3, 0.4) is 0 Å². The lowest BCUT2D eigenvalue weighted by Crippen LogP contribution is -2.36. The first-order chi connectivity index (χ1) is 13.5. The highest BCUT2D eigenvalue weighted by molar-refractivity contribution is 6.30. The molecule has 3 N–H and O–H groups in total. The molecule has 0 aliphatic heterocycles. The Balaban J connectivity index is 1.59. The number of carbonyl (C=O) groups is 1. The number of halogens is 1. The van der Waals surface area contributed by atoms with Crippen molar-refractivity contribution in [2.75, 3.05) is 13.2 Å². The van der Waals surface area contributed by atoms with Gasteiger partial charge in [-0.3, -0.25) is 0 Å². The summed E-state index contributed by atoms with van der Waals surface area (Å²) >= 11 is 6.00. The minimum Gasteiger partial charge on any atom is -0.482 e. The van der Waals surface area contributed by atoms with Crippen molar-refractivity contribution in [1.82, 2.24) is 5.32 Å². The number of carboxylic acids is 1. The quantitative estimate of drug-likeness (QED) is 0.617. The van der Waals surface area contributed by atoms with Crippen LogP contribution in [0.25, 0.3) is 0 Å². The van der Waals surface area contributed by atoms with E-state index in [1.165, 1.54) is 0 Å². The smallest absolute Gasteiger partial charge is 0.341 e. The third kappa shape index (κ3) is 5.71. The fourth-order valence-corrected chi connectivity index (χ4v) is 4.06. The van der Waals surface area contributed by atoms with Crippen molar-refractivity contribution < 1.29 is 19.7 Å². The topological polar surface area (TPSA) is 78.8 Å². The van der Waals surface area contributed by atoms with Gasteiger partial charge in [0.2, 0.25) is 0 Å². The number of aliphatic carboxylic acids is 1. The molecule has 5 nitrogen and oxygen atoms in total. The number of ether oxygens (including phenoxy) is 1. The molecule has 0 radical (unpaired) electrons. The maximum Gasteiger partial charge on any atom is 0.341 e. The Hall–Kier alpha value is -2.08. The van der Waals surface area contributed by atoms with E-state index in [0.29, 0.717) is 29.3 Å². The van der Waals surface area contributed by atoms with Gasteiger partial charge in [-0.2, -0.15) is 0 Å². The average Bonchev–Trinajstić information content (AvgIpc) is 2.71. The molecule has 1 saturated carbocycles. The molecule has 150 valence electrons. The Kier molecular flexibility index (Phi) is 7.31. The Bertz CT molecular complexity index is 798. The normalized spacial score (nSPS) is 20.5. The second kappa shape index (κ2) is 9.92. The van der Waals surface area contributed by atoms with E-state index in [2.05, 4.69) is 5.32 Å². The highest BCUT2D eigenvalue weighted by atomic mass is 35.5. The van der Waals surface area contributed by atoms with E-state index in [4.69, 9.17) is 21.4 Å². The van der Waals surface area contributed by atoms with Gasteiger partial charge in [-0.05, 0) is 54.5 Å². The molecule has 3 rings (SSSR count). The molecule has 0 bridgehead atoms. The molecule has 2 aromatic carbocycles. The zero-order valence-electron chi connectivity index (χ0n) is 15.7. The van der Waals surface area contributed by atoms with E-state index in [0.717, 1.165) is 36.8 Å². The van der Waals surface area contributed by atoms with Crippen LogP contribution in [-0.4, -0.2) is 35.4 Å². The minimum absolute atomic E-state index is 0.292. The van der Waals surface area contributed by atoms with Gasteiger partial charge in [0.05, 0.1) is 6.10 Å². The molecule has 0 amide bonds. The van der Waals surface area contributed by atoms with Crippen molar-refractivity contribution >= 4 is 17.6 Å². The van der Waals surface area contributed by atoms with Crippen LogP contribution in [0.4, 0.5) is 0 Å². The average molecular weight is 404 g/mol. The van der Waals surface area contributed by atoms with Crippen LogP contribution in [0.15, 0.2) is 48.5 Å². The second-order valence-corrected chi connectivity index (χ2v) is 7.70. The van der Waals surface area contributed by atoms with Crippen molar-refractivity contribution in [2.45, 2.75) is 43.7 Å². The van der Waals surface area contributed by atoms with Crippen LogP contribution in [0, 0.1) is 0 Å². The van der Waals surface area contributed by atoms with Gasteiger partial charge in [-0.15, -0.1) is 0 Å². The molecule has 0 saturated heterocycles. The van der Waals surface area contributed by atoms with Gasteiger partial charge in [0.25, 0.3) is 0 Å². The number of aliphatic hydroxyl groups is 1. The van der Waals surface area contributed by atoms with Crippen LogP contribution in [0.1, 0.15) is 48.8 Å². The first-order valence-corrected chi connectivity index (χ1v) is 10.0. The Morgan fingerprint density at radius 2 is 2.04 bits per heavy atom. The summed E-state index contributed by atoms with van der Waals surface area (Å²) in [6.07, 6.45) is 3.49. The van der Waals surface area contributed by atoms with Gasteiger partial charge < -0.3 is 20.3 Å². The van der Waals surface area contributed by atoms with Gasteiger partial charge in [0.1, 0.15) is 5.75 Å². The first-order valence-electron chi connectivity index (χ1n) is 9.63. The van der Waals surface area contributed by atoms with Gasteiger partial charge in [-0.25, -0.2) is 4.79 Å². The lowest BCUT2D eigenvalue weighted by atomic mass is 9.81. The zero-order valence-corrected chi connectivity index (χ0v) is 16.4. The van der Waals surface area contributed by atoms with Crippen LogP contribution in [-0.2, 0) is 4.79 Å². The lowest BCUT2D eigenvalue weighted by molar-refractivity contribution is -0.139. The number of aliphatic hydroxyl groups excluding tert-OH is 1. The zero-order chi connectivity index (χ0) is 19.9. The Morgan fingerprint density at radius 1 is 1.21 bits per heavy atom. The number of hydrogen-bond acceptors (Lipinski definition) is 4. The molecule has 6 heteroatoms. The van der Waals surface area contributed by atoms with Gasteiger partial charge in [-0.1, -0.05) is 48.4 Å². The molecule has 0 aromatic heterocycles. The number of nitrogens with one attached hydrogen (secondary N) is 1. The largest absolute Gasteiger partial charge is 0.482 e. The van der Waals surface area contributed by atoms with Crippen molar-refractivity contribution in [3.05, 3.63) is 64.7 Å². The summed E-state index contributed by atoms with van der Waals surface area (Å²) < 4.78 is 5.48. The van der Waals surface area contributed by atoms with E-state index in [1.54, 1.807) is 12.1 Å². The van der Waals surface area contributed by atoms with E-state index < -0.39 is 12.1 Å². The summed E-state index contributed by atoms with van der Waals surface area (Å²) in [4.78, 5) is 10.8. The number of para-hydroxylation sites is 1. The van der Waals surface area contributed by atoms with Crippen molar-refractivity contribution in [3.63, 3.8) is 0 Å².